The van der Waals surface area contributed by atoms with E-state index in [1.807, 2.05) is 43.4 Å². The number of para-hydroxylation sites is 1. The molecule has 1 aliphatic heterocycles. The minimum Gasteiger partial charge on any atom is -0.496 e. The van der Waals surface area contributed by atoms with Gasteiger partial charge in [-0.15, -0.1) is 0 Å². The van der Waals surface area contributed by atoms with E-state index in [9.17, 15) is 9.59 Å². The highest BCUT2D eigenvalue weighted by atomic mass is 16.6. The molecule has 10 heteroatoms. The van der Waals surface area contributed by atoms with Gasteiger partial charge in [-0.2, -0.15) is 5.10 Å². The van der Waals surface area contributed by atoms with Crippen molar-refractivity contribution in [2.45, 2.75) is 12.5 Å². The van der Waals surface area contributed by atoms with Gasteiger partial charge >= 0.3 is 6.09 Å². The first kappa shape index (κ1) is 25.2. The van der Waals surface area contributed by atoms with E-state index in [0.717, 1.165) is 40.7 Å². The van der Waals surface area contributed by atoms with Crippen molar-refractivity contribution in [3.8, 4) is 28.1 Å². The summed E-state index contributed by atoms with van der Waals surface area (Å²) in [5, 5.41) is 11.0. The molecule has 1 unspecified atom stereocenters. The number of hydrogen-bond acceptors (Lipinski definition) is 7. The Balaban J connectivity index is 1.49. The number of fused-ring (bicyclic) bond motifs is 1. The van der Waals surface area contributed by atoms with Gasteiger partial charge in [-0.1, -0.05) is 18.2 Å². The molecule has 0 saturated carbocycles. The molecule has 3 heterocycles. The van der Waals surface area contributed by atoms with E-state index in [2.05, 4.69) is 25.4 Å². The number of likely N-dealkylation sites (N-methyl/N-ethyl adjacent to an activating group) is 1. The van der Waals surface area contributed by atoms with E-state index in [1.165, 1.54) is 4.90 Å². The molecule has 0 spiro atoms. The van der Waals surface area contributed by atoms with Gasteiger partial charge in [0.2, 0.25) is 0 Å². The van der Waals surface area contributed by atoms with Gasteiger partial charge in [0.25, 0.3) is 5.91 Å². The van der Waals surface area contributed by atoms with Crippen molar-refractivity contribution in [1.29, 1.82) is 0 Å². The Morgan fingerprint density at radius 3 is 2.68 bits per heavy atom. The van der Waals surface area contributed by atoms with Gasteiger partial charge in [0, 0.05) is 49.9 Å². The molecule has 0 aliphatic carbocycles. The Bertz CT molecular complexity index is 1500. The van der Waals surface area contributed by atoms with Crippen molar-refractivity contribution in [3.05, 3.63) is 60.3 Å². The van der Waals surface area contributed by atoms with Crippen LogP contribution in [0.15, 0.2) is 54.7 Å². The maximum Gasteiger partial charge on any atom is 0.411 e. The average molecular weight is 515 g/mol. The van der Waals surface area contributed by atoms with Crippen LogP contribution in [0, 0.1) is 0 Å². The van der Waals surface area contributed by atoms with Crippen LogP contribution < -0.4 is 10.1 Å². The number of likely N-dealkylation sites (tertiary alicyclic amines) is 1. The molecule has 2 amide bonds. The number of benzene rings is 2. The van der Waals surface area contributed by atoms with Crippen LogP contribution in [0.4, 0.5) is 10.5 Å². The van der Waals surface area contributed by atoms with Gasteiger partial charge in [-0.25, -0.2) is 9.78 Å². The molecule has 5 rings (SSSR count). The van der Waals surface area contributed by atoms with Crippen molar-refractivity contribution in [3.63, 3.8) is 0 Å². The highest BCUT2D eigenvalue weighted by molar-refractivity contribution is 6.04. The van der Waals surface area contributed by atoms with Crippen LogP contribution in [0.2, 0.25) is 0 Å². The van der Waals surface area contributed by atoms with Gasteiger partial charge in [-0.05, 0) is 49.4 Å². The molecular formula is C28H30N6O4. The van der Waals surface area contributed by atoms with Gasteiger partial charge in [0.1, 0.15) is 11.9 Å². The lowest BCUT2D eigenvalue weighted by atomic mass is 10.0. The third-order valence-electron chi connectivity index (χ3n) is 6.63. The molecule has 38 heavy (non-hydrogen) atoms. The Kier molecular flexibility index (Phi) is 6.97. The number of methoxy groups -OCH3 is 1. The number of ether oxygens (including phenoxy) is 2. The predicted octanol–water partition coefficient (Wildman–Crippen LogP) is 4.25. The SMILES string of the molecule is COc1ccccc1-c1[nH]nc2ncc(-c3ccc(NC(=O)OC4CCN(C)C4)c(C(=O)N(C)C)c3)cc12. The van der Waals surface area contributed by atoms with Crippen LogP contribution in [-0.2, 0) is 4.74 Å². The fourth-order valence-corrected chi connectivity index (χ4v) is 4.65. The molecule has 10 nitrogen and oxygen atoms in total. The van der Waals surface area contributed by atoms with E-state index in [-0.39, 0.29) is 12.0 Å². The summed E-state index contributed by atoms with van der Waals surface area (Å²) < 4.78 is 11.1. The minimum absolute atomic E-state index is 0.169. The van der Waals surface area contributed by atoms with Crippen LogP contribution in [0.5, 0.6) is 5.75 Å². The predicted molar refractivity (Wildman–Crippen MR) is 145 cm³/mol. The number of aromatic amines is 1. The molecule has 1 fully saturated rings. The van der Waals surface area contributed by atoms with E-state index >= 15 is 0 Å². The number of nitrogens with zero attached hydrogens (tertiary/aromatic N) is 4. The fourth-order valence-electron chi connectivity index (χ4n) is 4.65. The number of pyridine rings is 1. The lowest BCUT2D eigenvalue weighted by molar-refractivity contribution is 0.0828. The maximum atomic E-state index is 13.1. The van der Waals surface area contributed by atoms with Gasteiger partial charge < -0.3 is 19.3 Å². The molecule has 1 atom stereocenters. The summed E-state index contributed by atoms with van der Waals surface area (Å²) in [6, 6.07) is 15.0. The second kappa shape index (κ2) is 10.5. The zero-order valence-corrected chi connectivity index (χ0v) is 21.8. The Morgan fingerprint density at radius 1 is 1.13 bits per heavy atom. The van der Waals surface area contributed by atoms with E-state index in [1.54, 1.807) is 39.5 Å². The molecule has 0 bridgehead atoms. The van der Waals surface area contributed by atoms with Crippen LogP contribution in [0.3, 0.4) is 0 Å². The molecule has 1 aliphatic rings. The van der Waals surface area contributed by atoms with Crippen molar-refractivity contribution in [2.75, 3.05) is 46.7 Å². The lowest BCUT2D eigenvalue weighted by Crippen LogP contribution is -2.27. The quantitative estimate of drug-likeness (QED) is 0.395. The van der Waals surface area contributed by atoms with E-state index in [4.69, 9.17) is 9.47 Å². The lowest BCUT2D eigenvalue weighted by Gasteiger charge is -2.17. The maximum absolute atomic E-state index is 13.1. The largest absolute Gasteiger partial charge is 0.496 e. The molecule has 2 N–H and O–H groups in total. The first-order valence-corrected chi connectivity index (χ1v) is 12.3. The zero-order valence-electron chi connectivity index (χ0n) is 21.8. The summed E-state index contributed by atoms with van der Waals surface area (Å²) >= 11 is 0. The van der Waals surface area contributed by atoms with Gasteiger partial charge in [0.15, 0.2) is 5.65 Å². The molecule has 2 aromatic carbocycles. The number of carbonyl (C=O) groups excluding carboxylic acids is 2. The van der Waals surface area contributed by atoms with Crippen LogP contribution in [0.1, 0.15) is 16.8 Å². The number of anilines is 1. The number of amides is 2. The summed E-state index contributed by atoms with van der Waals surface area (Å²) in [7, 11) is 6.96. The summed E-state index contributed by atoms with van der Waals surface area (Å²) in [5.41, 5.74) is 4.53. The van der Waals surface area contributed by atoms with E-state index in [0.29, 0.717) is 29.2 Å². The Morgan fingerprint density at radius 2 is 1.95 bits per heavy atom. The zero-order chi connectivity index (χ0) is 26.8. The molecule has 4 aromatic rings. The summed E-state index contributed by atoms with van der Waals surface area (Å²) in [6.07, 6.45) is 1.75. The number of hydrogen-bond donors (Lipinski definition) is 2. The topological polar surface area (TPSA) is 113 Å². The smallest absolute Gasteiger partial charge is 0.411 e. The summed E-state index contributed by atoms with van der Waals surface area (Å²) in [6.45, 7) is 1.57. The van der Waals surface area contributed by atoms with Gasteiger partial charge in [-0.3, -0.25) is 15.2 Å². The second-order valence-electron chi connectivity index (χ2n) is 9.56. The minimum atomic E-state index is -0.575. The highest BCUT2D eigenvalue weighted by Crippen LogP contribution is 2.35. The molecule has 0 radical (unpaired) electrons. The van der Waals surface area contributed by atoms with Gasteiger partial charge in [0.05, 0.1) is 24.1 Å². The summed E-state index contributed by atoms with van der Waals surface area (Å²) in [5.74, 6) is 0.476. The van der Waals surface area contributed by atoms with Crippen molar-refractivity contribution in [1.82, 2.24) is 25.0 Å². The number of H-pyrrole nitrogens is 1. The van der Waals surface area contributed by atoms with E-state index < -0.39 is 6.09 Å². The number of rotatable bonds is 6. The first-order valence-electron chi connectivity index (χ1n) is 12.3. The van der Waals surface area contributed by atoms with Crippen LogP contribution in [0.25, 0.3) is 33.4 Å². The van der Waals surface area contributed by atoms with Crippen LogP contribution >= 0.6 is 0 Å². The standard InChI is InChI=1S/C28H30N6O4/c1-33(2)27(35)21-13-17(9-10-23(21)30-28(36)38-19-11-12-34(3)16-19)18-14-22-25(31-32-26(22)29-15-18)20-7-5-6-8-24(20)37-4/h5-10,13-15,19H,11-12,16H2,1-4H3,(H,30,36)(H,29,31,32). The monoisotopic (exact) mass is 514 g/mol. The Hall–Kier alpha value is -4.44. The Labute approximate surface area is 220 Å². The summed E-state index contributed by atoms with van der Waals surface area (Å²) in [4.78, 5) is 33.8. The number of aromatic nitrogens is 3. The third kappa shape index (κ3) is 5.03. The fraction of sp³-hybridized carbons (Fsp3) is 0.286. The first-order chi connectivity index (χ1) is 18.3. The van der Waals surface area contributed by atoms with Crippen LogP contribution in [-0.4, -0.2) is 84.4 Å². The van der Waals surface area contributed by atoms with Crippen molar-refractivity contribution in [2.24, 2.45) is 0 Å². The highest BCUT2D eigenvalue weighted by Gasteiger charge is 2.24. The average Bonchev–Trinajstić information content (AvgIpc) is 3.53. The molecule has 1 saturated heterocycles. The molecular weight excluding hydrogens is 484 g/mol. The number of carbonyl (C=O) groups is 2. The third-order valence-corrected chi connectivity index (χ3v) is 6.63. The second-order valence-corrected chi connectivity index (χ2v) is 9.56. The van der Waals surface area contributed by atoms with Crippen molar-refractivity contribution >= 4 is 28.7 Å². The number of nitrogens with one attached hydrogen (secondary N) is 2. The van der Waals surface area contributed by atoms with Crippen molar-refractivity contribution < 1.29 is 19.1 Å². The molecule has 196 valence electrons. The normalized spacial score (nSPS) is 15.4. The molecule has 2 aromatic heterocycles.